The number of hydrogen-bond acceptors (Lipinski definition) is 7. The van der Waals surface area contributed by atoms with Crippen LogP contribution in [0.4, 0.5) is 17.5 Å². The van der Waals surface area contributed by atoms with Crippen molar-refractivity contribution in [2.24, 2.45) is 0 Å². The molecule has 7 nitrogen and oxygen atoms in total. The minimum absolute atomic E-state index is 0.0943. The van der Waals surface area contributed by atoms with Gasteiger partial charge >= 0.3 is 0 Å². The second-order valence-corrected chi connectivity index (χ2v) is 9.09. The number of anilines is 3. The van der Waals surface area contributed by atoms with Gasteiger partial charge in [0.25, 0.3) is 0 Å². The summed E-state index contributed by atoms with van der Waals surface area (Å²) in [5, 5.41) is 7.24. The Kier molecular flexibility index (Phi) is 4.13. The first-order valence-electron chi connectivity index (χ1n) is 11.2. The monoisotopic (exact) mass is 415 g/mol. The van der Waals surface area contributed by atoms with Crippen molar-refractivity contribution in [3.8, 4) is 0 Å². The van der Waals surface area contributed by atoms with Crippen molar-refractivity contribution >= 4 is 17.5 Å². The highest BCUT2D eigenvalue weighted by Crippen LogP contribution is 2.45. The molecule has 1 saturated heterocycles. The predicted octanol–water partition coefficient (Wildman–Crippen LogP) is 3.04. The van der Waals surface area contributed by atoms with E-state index in [4.69, 9.17) is 4.98 Å². The lowest BCUT2D eigenvalue weighted by molar-refractivity contribution is 0.489. The van der Waals surface area contributed by atoms with Gasteiger partial charge in [0.15, 0.2) is 0 Å². The number of fused-ring (bicyclic) bond motifs is 1. The van der Waals surface area contributed by atoms with E-state index in [2.05, 4.69) is 68.3 Å². The van der Waals surface area contributed by atoms with Crippen LogP contribution in [0.5, 0.6) is 0 Å². The van der Waals surface area contributed by atoms with Crippen LogP contribution in [0, 0.1) is 0 Å². The number of nitrogens with zero attached hydrogens (tertiary/aromatic N) is 5. The molecular weight excluding hydrogens is 386 g/mol. The summed E-state index contributed by atoms with van der Waals surface area (Å²) in [7, 11) is 2.06. The van der Waals surface area contributed by atoms with Crippen LogP contribution in [-0.2, 0) is 12.8 Å². The molecule has 1 aromatic carbocycles. The normalized spacial score (nSPS) is 21.3. The molecule has 2 aliphatic heterocycles. The minimum Gasteiger partial charge on any atom is -0.368 e. The van der Waals surface area contributed by atoms with Crippen LogP contribution in [0.15, 0.2) is 54.8 Å². The van der Waals surface area contributed by atoms with Crippen LogP contribution in [0.2, 0.25) is 0 Å². The van der Waals surface area contributed by atoms with Gasteiger partial charge in [-0.05, 0) is 61.4 Å². The van der Waals surface area contributed by atoms with Gasteiger partial charge in [-0.25, -0.2) is 4.98 Å². The smallest absolute Gasteiger partial charge is 0.225 e. The number of aryl methyl sites for hydroxylation is 2. The zero-order valence-electron chi connectivity index (χ0n) is 18.1. The number of rotatable bonds is 5. The average molecular weight is 416 g/mol. The molecule has 0 atom stereocenters. The third-order valence-electron chi connectivity index (χ3n) is 7.08. The third kappa shape index (κ3) is 3.19. The molecule has 160 valence electrons. The van der Waals surface area contributed by atoms with E-state index in [0.717, 1.165) is 44.2 Å². The first-order chi connectivity index (χ1) is 15.1. The van der Waals surface area contributed by atoms with Crippen LogP contribution in [-0.4, -0.2) is 47.2 Å². The van der Waals surface area contributed by atoms with Crippen LogP contribution < -0.4 is 20.4 Å². The molecule has 0 spiro atoms. The molecule has 0 radical (unpaired) electrons. The largest absolute Gasteiger partial charge is 0.368 e. The van der Waals surface area contributed by atoms with Crippen molar-refractivity contribution in [3.05, 3.63) is 65.9 Å². The van der Waals surface area contributed by atoms with Crippen molar-refractivity contribution in [1.82, 2.24) is 20.2 Å². The molecular formula is C24H29N7. The Balaban J connectivity index is 1.20. The van der Waals surface area contributed by atoms with Crippen LogP contribution in [0.3, 0.4) is 0 Å². The van der Waals surface area contributed by atoms with Gasteiger partial charge in [-0.3, -0.25) is 0 Å². The molecule has 2 aliphatic carbocycles. The summed E-state index contributed by atoms with van der Waals surface area (Å²) < 4.78 is 0. The molecule has 2 fully saturated rings. The maximum atomic E-state index is 4.80. The van der Waals surface area contributed by atoms with E-state index >= 15 is 0 Å². The van der Waals surface area contributed by atoms with Crippen LogP contribution in [0.1, 0.15) is 30.4 Å². The highest BCUT2D eigenvalue weighted by Gasteiger charge is 2.48. The lowest BCUT2D eigenvalue weighted by atomic mass is 10.1. The first-order valence-corrected chi connectivity index (χ1v) is 11.2. The Morgan fingerprint density at radius 3 is 2.81 bits per heavy atom. The van der Waals surface area contributed by atoms with E-state index in [9.17, 15) is 0 Å². The summed E-state index contributed by atoms with van der Waals surface area (Å²) >= 11 is 0. The second kappa shape index (κ2) is 6.90. The molecule has 0 amide bonds. The number of likely N-dealkylation sites (N-methyl/N-ethyl adjacent to an activating group) is 1. The van der Waals surface area contributed by atoms with E-state index in [0.29, 0.717) is 5.95 Å². The molecule has 2 N–H and O–H groups in total. The summed E-state index contributed by atoms with van der Waals surface area (Å²) in [6.07, 6.45) is 9.97. The molecule has 31 heavy (non-hydrogen) atoms. The summed E-state index contributed by atoms with van der Waals surface area (Å²) in [5.41, 5.74) is 5.44. The third-order valence-corrected chi connectivity index (χ3v) is 7.08. The van der Waals surface area contributed by atoms with Crippen LogP contribution in [0.25, 0.3) is 0 Å². The summed E-state index contributed by atoms with van der Waals surface area (Å²) in [6, 6.07) is 8.88. The Morgan fingerprint density at radius 1 is 1.13 bits per heavy atom. The van der Waals surface area contributed by atoms with Crippen molar-refractivity contribution in [1.29, 1.82) is 0 Å². The minimum atomic E-state index is -0.0943. The highest BCUT2D eigenvalue weighted by molar-refractivity contribution is 5.58. The van der Waals surface area contributed by atoms with E-state index in [1.54, 1.807) is 0 Å². The van der Waals surface area contributed by atoms with Gasteiger partial charge in [-0.1, -0.05) is 12.6 Å². The van der Waals surface area contributed by atoms with Gasteiger partial charge < -0.3 is 25.3 Å². The van der Waals surface area contributed by atoms with Crippen molar-refractivity contribution in [3.63, 3.8) is 0 Å². The van der Waals surface area contributed by atoms with Crippen LogP contribution >= 0.6 is 0 Å². The Labute approximate surface area is 183 Å². The van der Waals surface area contributed by atoms with E-state index < -0.39 is 0 Å². The van der Waals surface area contributed by atoms with Gasteiger partial charge in [0.05, 0.1) is 17.9 Å². The number of nitrogens with one attached hydrogen (secondary N) is 2. The van der Waals surface area contributed by atoms with Gasteiger partial charge in [0, 0.05) is 38.2 Å². The molecule has 3 heterocycles. The molecule has 2 aromatic rings. The van der Waals surface area contributed by atoms with Crippen molar-refractivity contribution < 1.29 is 0 Å². The molecule has 7 heteroatoms. The van der Waals surface area contributed by atoms with Crippen molar-refractivity contribution in [2.45, 2.75) is 37.6 Å². The Hall–Kier alpha value is -3.22. The van der Waals surface area contributed by atoms with E-state index in [1.807, 2.05) is 12.3 Å². The molecule has 6 rings (SSSR count). The Morgan fingerprint density at radius 2 is 2.00 bits per heavy atom. The van der Waals surface area contributed by atoms with Gasteiger partial charge in [-0.2, -0.15) is 4.98 Å². The topological polar surface area (TPSA) is 59.6 Å². The molecule has 4 aliphatic rings. The summed E-state index contributed by atoms with van der Waals surface area (Å²) in [5.74, 6) is 2.56. The number of aromatic nitrogens is 2. The standard InChI is InChI=1S/C24H29N7/c1-17-29(2)12-13-31(17)22-8-11-25-23(27-22)28-24(9-10-24)21-15-30(16-26-21)20-7-6-18-4-3-5-19(18)14-20/h6-8,11,14-15,26H,1,3-5,9-10,12-13,16H2,2H3,(H,25,27,28). The highest BCUT2D eigenvalue weighted by atomic mass is 15.4. The molecule has 0 bridgehead atoms. The fraction of sp³-hybridized carbons (Fsp3) is 0.417. The SMILES string of the molecule is C=C1N(C)CCN1c1ccnc(NC2(C3=CN(c4ccc5c(c4)CCC5)CN3)CC2)n1. The second-order valence-electron chi connectivity index (χ2n) is 9.09. The first kappa shape index (κ1) is 18.5. The lowest BCUT2D eigenvalue weighted by Gasteiger charge is -2.22. The van der Waals surface area contributed by atoms with Gasteiger partial charge in [0.1, 0.15) is 11.6 Å². The number of benzene rings is 1. The van der Waals surface area contributed by atoms with E-state index in [-0.39, 0.29) is 5.54 Å². The zero-order chi connectivity index (χ0) is 21.0. The fourth-order valence-electron chi connectivity index (χ4n) is 4.93. The molecule has 1 saturated carbocycles. The average Bonchev–Trinajstić information content (AvgIpc) is 3.15. The summed E-state index contributed by atoms with van der Waals surface area (Å²) in [6.45, 7) is 6.85. The molecule has 1 aromatic heterocycles. The number of hydrogen-bond donors (Lipinski definition) is 2. The fourth-order valence-corrected chi connectivity index (χ4v) is 4.93. The zero-order valence-corrected chi connectivity index (χ0v) is 18.1. The quantitative estimate of drug-likeness (QED) is 0.778. The van der Waals surface area contributed by atoms with Gasteiger partial charge in [0.2, 0.25) is 5.95 Å². The van der Waals surface area contributed by atoms with Crippen molar-refractivity contribution in [2.75, 3.05) is 41.9 Å². The molecule has 0 unspecified atom stereocenters. The van der Waals surface area contributed by atoms with E-state index in [1.165, 1.54) is 41.8 Å². The predicted molar refractivity (Wildman–Crippen MR) is 124 cm³/mol. The lowest BCUT2D eigenvalue weighted by Crippen LogP contribution is -2.32. The Bertz CT molecular complexity index is 1070. The summed E-state index contributed by atoms with van der Waals surface area (Å²) in [4.78, 5) is 15.9. The maximum Gasteiger partial charge on any atom is 0.225 e. The van der Waals surface area contributed by atoms with Gasteiger partial charge in [-0.15, -0.1) is 0 Å². The maximum absolute atomic E-state index is 4.80.